The number of nitrogens with one attached hydrogen (secondary N) is 2. The van der Waals surface area contributed by atoms with E-state index in [-0.39, 0.29) is 18.4 Å². The summed E-state index contributed by atoms with van der Waals surface area (Å²) in [7, 11) is 0. The van der Waals surface area contributed by atoms with Gasteiger partial charge in [0.25, 0.3) is 0 Å². The summed E-state index contributed by atoms with van der Waals surface area (Å²) in [6.45, 7) is 0.354. The second-order valence-electron chi connectivity index (χ2n) is 7.33. The Hall–Kier alpha value is -4.72. The smallest absolute Gasteiger partial charge is 0.244 e. The predicted octanol–water partition coefficient (Wildman–Crippen LogP) is 3.61. The van der Waals surface area contributed by atoms with Gasteiger partial charge in [-0.3, -0.25) is 9.59 Å². The highest BCUT2D eigenvalue weighted by Gasteiger charge is 2.05. The molecule has 0 saturated carbocycles. The summed E-state index contributed by atoms with van der Waals surface area (Å²) in [5.41, 5.74) is 3.38. The first-order chi connectivity index (χ1) is 16.7. The number of amides is 2. The lowest BCUT2D eigenvalue weighted by Gasteiger charge is -2.07. The molecular formula is C26H23N5O3. The summed E-state index contributed by atoms with van der Waals surface area (Å²) in [5.74, 6) is 0.0627. The normalized spacial score (nSPS) is 10.7. The molecule has 0 spiro atoms. The van der Waals surface area contributed by atoms with Crippen LogP contribution in [0, 0.1) is 0 Å². The van der Waals surface area contributed by atoms with Crippen molar-refractivity contribution in [2.24, 2.45) is 0 Å². The van der Waals surface area contributed by atoms with Gasteiger partial charge in [-0.05, 0) is 53.6 Å². The Morgan fingerprint density at radius 2 is 1.71 bits per heavy atom. The molecule has 8 heteroatoms. The van der Waals surface area contributed by atoms with Crippen molar-refractivity contribution >= 4 is 23.6 Å². The SMILES string of the molecule is O=C(/C=C/c1ccc(OCc2ccccc2)cc1)NCC(=O)Nc1ccc(-n2cncn2)cc1. The van der Waals surface area contributed by atoms with E-state index in [4.69, 9.17) is 4.74 Å². The van der Waals surface area contributed by atoms with Crippen LogP contribution >= 0.6 is 0 Å². The topological polar surface area (TPSA) is 98.1 Å². The van der Waals surface area contributed by atoms with Crippen LogP contribution in [0.25, 0.3) is 11.8 Å². The van der Waals surface area contributed by atoms with Crippen LogP contribution in [0.4, 0.5) is 5.69 Å². The number of aromatic nitrogens is 3. The quantitative estimate of drug-likeness (QED) is 0.377. The monoisotopic (exact) mass is 453 g/mol. The van der Waals surface area contributed by atoms with Crippen LogP contribution in [-0.2, 0) is 16.2 Å². The second-order valence-corrected chi connectivity index (χ2v) is 7.33. The molecule has 8 nitrogen and oxygen atoms in total. The van der Waals surface area contributed by atoms with Gasteiger partial charge in [-0.25, -0.2) is 9.67 Å². The van der Waals surface area contributed by atoms with Gasteiger partial charge in [-0.2, -0.15) is 5.10 Å². The summed E-state index contributed by atoms with van der Waals surface area (Å²) >= 11 is 0. The number of anilines is 1. The molecule has 3 aromatic carbocycles. The lowest BCUT2D eigenvalue weighted by atomic mass is 10.2. The Bertz CT molecular complexity index is 1240. The molecule has 0 aliphatic heterocycles. The molecule has 0 saturated heterocycles. The zero-order valence-electron chi connectivity index (χ0n) is 18.3. The molecule has 34 heavy (non-hydrogen) atoms. The van der Waals surface area contributed by atoms with E-state index in [1.807, 2.05) is 66.7 Å². The summed E-state index contributed by atoms with van der Waals surface area (Å²) in [6, 6.07) is 24.5. The first-order valence-electron chi connectivity index (χ1n) is 10.6. The van der Waals surface area contributed by atoms with Gasteiger partial charge in [-0.15, -0.1) is 0 Å². The fourth-order valence-corrected chi connectivity index (χ4v) is 3.06. The van der Waals surface area contributed by atoms with Crippen LogP contribution in [0.2, 0.25) is 0 Å². The molecule has 0 fully saturated rings. The number of hydrogen-bond donors (Lipinski definition) is 2. The van der Waals surface area contributed by atoms with Gasteiger partial charge in [0.05, 0.1) is 12.2 Å². The summed E-state index contributed by atoms with van der Waals surface area (Å²) in [6.07, 6.45) is 6.10. The van der Waals surface area contributed by atoms with E-state index in [1.165, 1.54) is 12.4 Å². The lowest BCUT2D eigenvalue weighted by molar-refractivity contribution is -0.121. The van der Waals surface area contributed by atoms with Gasteiger partial charge < -0.3 is 15.4 Å². The molecule has 4 rings (SSSR count). The van der Waals surface area contributed by atoms with Gasteiger partial charge >= 0.3 is 0 Å². The molecule has 1 aromatic heterocycles. The Labute approximate surface area is 196 Å². The highest BCUT2D eigenvalue weighted by molar-refractivity contribution is 5.98. The van der Waals surface area contributed by atoms with Crippen molar-refractivity contribution in [2.75, 3.05) is 11.9 Å². The van der Waals surface area contributed by atoms with E-state index < -0.39 is 0 Å². The molecule has 0 unspecified atom stereocenters. The fraction of sp³-hybridized carbons (Fsp3) is 0.0769. The second kappa shape index (κ2) is 11.2. The first-order valence-corrected chi connectivity index (χ1v) is 10.6. The van der Waals surface area contributed by atoms with E-state index >= 15 is 0 Å². The Morgan fingerprint density at radius 3 is 2.41 bits per heavy atom. The maximum absolute atomic E-state index is 12.1. The molecular weight excluding hydrogens is 430 g/mol. The number of rotatable bonds is 9. The molecule has 0 bridgehead atoms. The molecule has 0 aliphatic carbocycles. The number of hydrogen-bond acceptors (Lipinski definition) is 5. The van der Waals surface area contributed by atoms with Crippen LogP contribution in [-0.4, -0.2) is 33.1 Å². The Morgan fingerprint density at radius 1 is 0.941 bits per heavy atom. The van der Waals surface area contributed by atoms with E-state index in [2.05, 4.69) is 20.7 Å². The zero-order valence-corrected chi connectivity index (χ0v) is 18.3. The average molecular weight is 454 g/mol. The van der Waals surface area contributed by atoms with Gasteiger partial charge in [0.1, 0.15) is 25.0 Å². The standard InChI is InChI=1S/C26H23N5O3/c32-25(15-8-20-6-13-24(14-7-20)34-17-21-4-2-1-3-5-21)28-16-26(33)30-22-9-11-23(12-10-22)31-19-27-18-29-31/h1-15,18-19H,16-17H2,(H,28,32)(H,30,33)/b15-8+. The third-order valence-electron chi connectivity index (χ3n) is 4.81. The molecule has 2 N–H and O–H groups in total. The van der Waals surface area contributed by atoms with E-state index in [9.17, 15) is 9.59 Å². The molecule has 0 aliphatic rings. The zero-order chi connectivity index (χ0) is 23.6. The average Bonchev–Trinajstić information content (AvgIpc) is 3.42. The maximum Gasteiger partial charge on any atom is 0.244 e. The maximum atomic E-state index is 12.1. The van der Waals surface area contributed by atoms with Crippen molar-refractivity contribution < 1.29 is 14.3 Å². The van der Waals surface area contributed by atoms with Crippen LogP contribution in [0.1, 0.15) is 11.1 Å². The van der Waals surface area contributed by atoms with Gasteiger partial charge in [0, 0.05) is 11.8 Å². The van der Waals surface area contributed by atoms with E-state index in [0.717, 1.165) is 22.6 Å². The van der Waals surface area contributed by atoms with Crippen molar-refractivity contribution in [2.45, 2.75) is 6.61 Å². The van der Waals surface area contributed by atoms with E-state index in [0.29, 0.717) is 12.3 Å². The van der Waals surface area contributed by atoms with Crippen LogP contribution < -0.4 is 15.4 Å². The van der Waals surface area contributed by atoms with Crippen molar-refractivity contribution in [3.63, 3.8) is 0 Å². The number of benzene rings is 3. The van der Waals surface area contributed by atoms with Gasteiger partial charge in [-0.1, -0.05) is 42.5 Å². The van der Waals surface area contributed by atoms with E-state index in [1.54, 1.807) is 29.2 Å². The van der Waals surface area contributed by atoms with Crippen LogP contribution in [0.5, 0.6) is 5.75 Å². The number of nitrogens with zero attached hydrogens (tertiary/aromatic N) is 3. The third-order valence-corrected chi connectivity index (χ3v) is 4.81. The Balaban J connectivity index is 1.19. The van der Waals surface area contributed by atoms with Crippen molar-refractivity contribution in [3.8, 4) is 11.4 Å². The number of carbonyl (C=O) groups is 2. The molecule has 2 amide bonds. The van der Waals surface area contributed by atoms with Crippen molar-refractivity contribution in [1.82, 2.24) is 20.1 Å². The van der Waals surface area contributed by atoms with Gasteiger partial charge in [0.15, 0.2) is 0 Å². The molecule has 0 radical (unpaired) electrons. The highest BCUT2D eigenvalue weighted by atomic mass is 16.5. The summed E-state index contributed by atoms with van der Waals surface area (Å²) < 4.78 is 7.37. The number of ether oxygens (including phenoxy) is 1. The number of carbonyl (C=O) groups excluding carboxylic acids is 2. The fourth-order valence-electron chi connectivity index (χ4n) is 3.06. The molecule has 0 atom stereocenters. The molecule has 1 heterocycles. The Kier molecular flexibility index (Phi) is 7.43. The minimum Gasteiger partial charge on any atom is -0.489 e. The first kappa shape index (κ1) is 22.5. The van der Waals surface area contributed by atoms with Gasteiger partial charge in [0.2, 0.25) is 11.8 Å². The molecule has 170 valence electrons. The van der Waals surface area contributed by atoms with Crippen LogP contribution in [0.3, 0.4) is 0 Å². The van der Waals surface area contributed by atoms with Crippen molar-refractivity contribution in [1.29, 1.82) is 0 Å². The van der Waals surface area contributed by atoms with Crippen LogP contribution in [0.15, 0.2) is 97.6 Å². The summed E-state index contributed by atoms with van der Waals surface area (Å²) in [5, 5.41) is 9.36. The highest BCUT2D eigenvalue weighted by Crippen LogP contribution is 2.15. The minimum atomic E-state index is -0.360. The largest absolute Gasteiger partial charge is 0.489 e. The minimum absolute atomic E-state index is 0.139. The lowest BCUT2D eigenvalue weighted by Crippen LogP contribution is -2.31. The summed E-state index contributed by atoms with van der Waals surface area (Å²) in [4.78, 5) is 28.1. The van der Waals surface area contributed by atoms with Crippen molar-refractivity contribution in [3.05, 3.63) is 109 Å². The molecule has 4 aromatic rings. The third kappa shape index (κ3) is 6.64. The predicted molar refractivity (Wildman–Crippen MR) is 129 cm³/mol.